The van der Waals surface area contributed by atoms with E-state index in [0.29, 0.717) is 5.92 Å². The van der Waals surface area contributed by atoms with Crippen LogP contribution in [0.5, 0.6) is 0 Å². The molecular formula is C11H15BrN2OS. The summed E-state index contributed by atoms with van der Waals surface area (Å²) in [5.41, 5.74) is 6.72. The number of piperidine rings is 1. The lowest BCUT2D eigenvalue weighted by atomic mass is 9.94. The van der Waals surface area contributed by atoms with E-state index < -0.39 is 0 Å². The molecule has 1 fully saturated rings. The monoisotopic (exact) mass is 302 g/mol. The molecule has 2 heterocycles. The molecule has 3 nitrogen and oxygen atoms in total. The summed E-state index contributed by atoms with van der Waals surface area (Å²) < 4.78 is 0.998. The van der Waals surface area contributed by atoms with Crippen molar-refractivity contribution in [3.05, 3.63) is 20.8 Å². The van der Waals surface area contributed by atoms with E-state index in [0.717, 1.165) is 28.9 Å². The summed E-state index contributed by atoms with van der Waals surface area (Å²) in [7, 11) is 0. The second kappa shape index (κ2) is 4.85. The van der Waals surface area contributed by atoms with Crippen molar-refractivity contribution < 1.29 is 4.79 Å². The van der Waals surface area contributed by atoms with Crippen molar-refractivity contribution in [1.29, 1.82) is 0 Å². The molecule has 2 unspecified atom stereocenters. The summed E-state index contributed by atoms with van der Waals surface area (Å²) in [4.78, 5) is 14.0. The first-order valence-corrected chi connectivity index (χ1v) is 7.04. The van der Waals surface area contributed by atoms with E-state index >= 15 is 0 Å². The summed E-state index contributed by atoms with van der Waals surface area (Å²) in [5.74, 6) is 0.514. The first-order chi connectivity index (χ1) is 7.58. The zero-order chi connectivity index (χ0) is 11.7. The van der Waals surface area contributed by atoms with Crippen molar-refractivity contribution in [2.45, 2.75) is 19.4 Å². The predicted molar refractivity (Wildman–Crippen MR) is 69.7 cm³/mol. The van der Waals surface area contributed by atoms with Crippen molar-refractivity contribution in [3.8, 4) is 0 Å². The van der Waals surface area contributed by atoms with Crippen LogP contribution in [-0.2, 0) is 0 Å². The van der Waals surface area contributed by atoms with Crippen LogP contribution in [0.15, 0.2) is 15.2 Å². The van der Waals surface area contributed by atoms with E-state index in [4.69, 9.17) is 5.73 Å². The van der Waals surface area contributed by atoms with Gasteiger partial charge in [0.25, 0.3) is 5.91 Å². The molecule has 16 heavy (non-hydrogen) atoms. The van der Waals surface area contributed by atoms with Crippen LogP contribution in [0.4, 0.5) is 0 Å². The first kappa shape index (κ1) is 12.1. The van der Waals surface area contributed by atoms with Crippen LogP contribution in [0.1, 0.15) is 23.7 Å². The number of carbonyl (C=O) groups is 1. The SMILES string of the molecule is CC1CN(C(=O)c2csc(Br)c2)CCC1N. The van der Waals surface area contributed by atoms with Gasteiger partial charge in [-0.2, -0.15) is 0 Å². The maximum absolute atomic E-state index is 12.1. The normalized spacial score (nSPS) is 25.8. The molecule has 0 radical (unpaired) electrons. The van der Waals surface area contributed by atoms with E-state index in [1.165, 1.54) is 0 Å². The average Bonchev–Trinajstić information content (AvgIpc) is 2.68. The molecule has 2 atom stereocenters. The Kier molecular flexibility index (Phi) is 3.66. The highest BCUT2D eigenvalue weighted by molar-refractivity contribution is 9.11. The molecule has 1 aliphatic rings. The second-order valence-electron chi connectivity index (χ2n) is 4.32. The zero-order valence-electron chi connectivity index (χ0n) is 9.15. The van der Waals surface area contributed by atoms with Crippen molar-refractivity contribution in [1.82, 2.24) is 4.90 Å². The molecule has 1 aliphatic heterocycles. The molecular weight excluding hydrogens is 288 g/mol. The molecule has 1 aromatic heterocycles. The van der Waals surface area contributed by atoms with E-state index in [9.17, 15) is 4.79 Å². The fraction of sp³-hybridized carbons (Fsp3) is 0.545. The fourth-order valence-corrected chi connectivity index (χ4v) is 3.08. The summed E-state index contributed by atoms with van der Waals surface area (Å²) in [6.45, 7) is 3.65. The van der Waals surface area contributed by atoms with Gasteiger partial charge in [-0.15, -0.1) is 11.3 Å². The average molecular weight is 303 g/mol. The topological polar surface area (TPSA) is 46.3 Å². The summed E-state index contributed by atoms with van der Waals surface area (Å²) in [5, 5.41) is 1.89. The van der Waals surface area contributed by atoms with Crippen molar-refractivity contribution in [3.63, 3.8) is 0 Å². The van der Waals surface area contributed by atoms with Gasteiger partial charge in [0.15, 0.2) is 0 Å². The molecule has 1 saturated heterocycles. The molecule has 1 aromatic rings. The van der Waals surface area contributed by atoms with Gasteiger partial charge in [0.2, 0.25) is 0 Å². The Morgan fingerprint density at radius 3 is 3.00 bits per heavy atom. The maximum atomic E-state index is 12.1. The van der Waals surface area contributed by atoms with Gasteiger partial charge >= 0.3 is 0 Å². The lowest BCUT2D eigenvalue weighted by Gasteiger charge is -2.34. The number of hydrogen-bond acceptors (Lipinski definition) is 3. The minimum Gasteiger partial charge on any atom is -0.338 e. The van der Waals surface area contributed by atoms with Gasteiger partial charge in [0.05, 0.1) is 9.35 Å². The Balaban J connectivity index is 2.06. The number of carbonyl (C=O) groups excluding carboxylic acids is 1. The van der Waals surface area contributed by atoms with Crippen LogP contribution in [0, 0.1) is 5.92 Å². The molecule has 0 saturated carbocycles. The van der Waals surface area contributed by atoms with Crippen LogP contribution < -0.4 is 5.73 Å². The van der Waals surface area contributed by atoms with Crippen LogP contribution in [0.3, 0.4) is 0 Å². The molecule has 88 valence electrons. The number of rotatable bonds is 1. The third-order valence-corrected chi connectivity index (χ3v) is 4.58. The standard InChI is InChI=1S/C11H15BrN2OS/c1-7-5-14(3-2-9(7)13)11(15)8-4-10(12)16-6-8/h4,6-7,9H,2-3,5,13H2,1H3. The van der Waals surface area contributed by atoms with Crippen molar-refractivity contribution in [2.24, 2.45) is 11.7 Å². The number of amides is 1. The first-order valence-electron chi connectivity index (χ1n) is 5.37. The number of likely N-dealkylation sites (tertiary alicyclic amines) is 1. The van der Waals surface area contributed by atoms with E-state index in [1.807, 2.05) is 16.3 Å². The fourth-order valence-electron chi connectivity index (χ4n) is 1.95. The quantitative estimate of drug-likeness (QED) is 0.865. The van der Waals surface area contributed by atoms with Gasteiger partial charge in [-0.25, -0.2) is 0 Å². The van der Waals surface area contributed by atoms with Gasteiger partial charge in [-0.1, -0.05) is 6.92 Å². The number of thiophene rings is 1. The van der Waals surface area contributed by atoms with Gasteiger partial charge in [0, 0.05) is 24.5 Å². The molecule has 1 amide bonds. The Bertz CT molecular complexity index is 393. The van der Waals surface area contributed by atoms with Crippen LogP contribution >= 0.6 is 27.3 Å². The smallest absolute Gasteiger partial charge is 0.254 e. The molecule has 0 bridgehead atoms. The third kappa shape index (κ3) is 2.47. The van der Waals surface area contributed by atoms with Crippen LogP contribution in [0.25, 0.3) is 0 Å². The summed E-state index contributed by atoms with van der Waals surface area (Å²) >= 11 is 4.92. The number of nitrogens with two attached hydrogens (primary N) is 1. The Labute approximate surface area is 108 Å². The van der Waals surface area contributed by atoms with Crippen molar-refractivity contribution in [2.75, 3.05) is 13.1 Å². The Morgan fingerprint density at radius 2 is 2.44 bits per heavy atom. The van der Waals surface area contributed by atoms with Crippen LogP contribution in [0.2, 0.25) is 0 Å². The lowest BCUT2D eigenvalue weighted by Crippen LogP contribution is -2.48. The number of hydrogen-bond donors (Lipinski definition) is 1. The largest absolute Gasteiger partial charge is 0.338 e. The highest BCUT2D eigenvalue weighted by Crippen LogP contribution is 2.23. The molecule has 2 N–H and O–H groups in total. The Hall–Kier alpha value is -0.390. The molecule has 0 aromatic carbocycles. The number of halogens is 1. The van der Waals surface area contributed by atoms with E-state index in [1.54, 1.807) is 11.3 Å². The summed E-state index contributed by atoms with van der Waals surface area (Å²) in [6.07, 6.45) is 0.901. The van der Waals surface area contributed by atoms with E-state index in [2.05, 4.69) is 22.9 Å². The second-order valence-corrected chi connectivity index (χ2v) is 6.61. The Morgan fingerprint density at radius 1 is 1.69 bits per heavy atom. The highest BCUT2D eigenvalue weighted by atomic mass is 79.9. The third-order valence-electron chi connectivity index (χ3n) is 3.07. The van der Waals surface area contributed by atoms with E-state index in [-0.39, 0.29) is 11.9 Å². The lowest BCUT2D eigenvalue weighted by molar-refractivity contribution is 0.0664. The summed E-state index contributed by atoms with van der Waals surface area (Å²) in [6, 6.07) is 2.12. The van der Waals surface area contributed by atoms with Gasteiger partial charge in [-0.3, -0.25) is 4.79 Å². The number of nitrogens with zero attached hydrogens (tertiary/aromatic N) is 1. The molecule has 2 rings (SSSR count). The van der Waals surface area contributed by atoms with Gasteiger partial charge in [0.1, 0.15) is 0 Å². The highest BCUT2D eigenvalue weighted by Gasteiger charge is 2.27. The van der Waals surface area contributed by atoms with Gasteiger partial charge < -0.3 is 10.6 Å². The van der Waals surface area contributed by atoms with Crippen molar-refractivity contribution >= 4 is 33.2 Å². The van der Waals surface area contributed by atoms with Crippen LogP contribution in [-0.4, -0.2) is 29.9 Å². The van der Waals surface area contributed by atoms with Gasteiger partial charge in [-0.05, 0) is 34.3 Å². The minimum atomic E-state index is 0.126. The molecule has 5 heteroatoms. The molecule has 0 aliphatic carbocycles. The minimum absolute atomic E-state index is 0.126. The zero-order valence-corrected chi connectivity index (χ0v) is 11.6. The predicted octanol–water partition coefficient (Wildman–Crippen LogP) is 2.32. The molecule has 0 spiro atoms. The maximum Gasteiger partial charge on any atom is 0.254 e.